The number of carbonyl (C=O) groups is 2. The number of ether oxygens (including phenoxy) is 3. The van der Waals surface area contributed by atoms with Gasteiger partial charge in [0, 0.05) is 5.56 Å². The SMILES string of the molecule is CCOC(=O)c1ccc(-c2ccc(C=NNC(=O)C3COc4cc5ccccc5cc4O3)o2)cc1. The van der Waals surface area contributed by atoms with Crippen LogP contribution in [0.4, 0.5) is 0 Å². The molecule has 0 spiro atoms. The Balaban J connectivity index is 1.19. The maximum absolute atomic E-state index is 12.5. The fraction of sp³-hybridized carbons (Fsp3) is 0.148. The Morgan fingerprint density at radius 2 is 1.77 bits per heavy atom. The van der Waals surface area contributed by atoms with E-state index in [1.54, 1.807) is 43.3 Å². The molecule has 3 aromatic carbocycles. The van der Waals surface area contributed by atoms with Gasteiger partial charge >= 0.3 is 5.97 Å². The lowest BCUT2D eigenvalue weighted by Crippen LogP contribution is -2.42. The van der Waals surface area contributed by atoms with E-state index in [2.05, 4.69) is 10.5 Å². The van der Waals surface area contributed by atoms with Gasteiger partial charge in [-0.2, -0.15) is 5.10 Å². The summed E-state index contributed by atoms with van der Waals surface area (Å²) in [7, 11) is 0. The number of hydrogen-bond acceptors (Lipinski definition) is 7. The molecule has 0 saturated heterocycles. The summed E-state index contributed by atoms with van der Waals surface area (Å²) in [6.07, 6.45) is 0.574. The molecule has 8 nitrogen and oxygen atoms in total. The fourth-order valence-corrected chi connectivity index (χ4v) is 3.68. The molecular weight excluding hydrogens is 448 g/mol. The zero-order valence-corrected chi connectivity index (χ0v) is 18.9. The molecule has 5 rings (SSSR count). The van der Waals surface area contributed by atoms with E-state index in [-0.39, 0.29) is 12.6 Å². The van der Waals surface area contributed by atoms with Crippen molar-refractivity contribution in [2.45, 2.75) is 13.0 Å². The maximum Gasteiger partial charge on any atom is 0.338 e. The van der Waals surface area contributed by atoms with Crippen molar-refractivity contribution in [2.75, 3.05) is 13.2 Å². The van der Waals surface area contributed by atoms with Gasteiger partial charge in [-0.3, -0.25) is 4.79 Å². The predicted octanol–water partition coefficient (Wildman–Crippen LogP) is 4.57. The molecule has 0 fully saturated rings. The van der Waals surface area contributed by atoms with Crippen LogP contribution in [0.15, 0.2) is 82.3 Å². The van der Waals surface area contributed by atoms with Crippen molar-refractivity contribution < 1.29 is 28.2 Å². The van der Waals surface area contributed by atoms with Crippen LogP contribution in [-0.4, -0.2) is 37.4 Å². The van der Waals surface area contributed by atoms with Crippen molar-refractivity contribution in [3.05, 3.63) is 84.1 Å². The van der Waals surface area contributed by atoms with Crippen LogP contribution in [0.3, 0.4) is 0 Å². The smallest absolute Gasteiger partial charge is 0.338 e. The minimum Gasteiger partial charge on any atom is -0.485 e. The topological polar surface area (TPSA) is 99.4 Å². The highest BCUT2D eigenvalue weighted by Crippen LogP contribution is 2.35. The number of furan rings is 1. The molecule has 176 valence electrons. The van der Waals surface area contributed by atoms with Crippen molar-refractivity contribution in [3.63, 3.8) is 0 Å². The summed E-state index contributed by atoms with van der Waals surface area (Å²) in [5, 5.41) is 6.01. The Bertz CT molecular complexity index is 1410. The summed E-state index contributed by atoms with van der Waals surface area (Å²) in [5.74, 6) is 1.37. The molecule has 2 heterocycles. The van der Waals surface area contributed by atoms with Crippen LogP contribution in [0.25, 0.3) is 22.1 Å². The number of carbonyl (C=O) groups excluding carboxylic acids is 2. The first-order chi connectivity index (χ1) is 17.1. The summed E-state index contributed by atoms with van der Waals surface area (Å²) in [6.45, 7) is 2.17. The Labute approximate surface area is 201 Å². The van der Waals surface area contributed by atoms with Gasteiger partial charge < -0.3 is 18.6 Å². The summed E-state index contributed by atoms with van der Waals surface area (Å²) < 4.78 is 22.3. The molecule has 1 unspecified atom stereocenters. The van der Waals surface area contributed by atoms with Crippen LogP contribution < -0.4 is 14.9 Å². The number of amides is 1. The van der Waals surface area contributed by atoms with E-state index in [0.29, 0.717) is 35.2 Å². The van der Waals surface area contributed by atoms with Crippen molar-refractivity contribution in [2.24, 2.45) is 5.10 Å². The molecule has 1 aliphatic heterocycles. The van der Waals surface area contributed by atoms with Crippen molar-refractivity contribution >= 4 is 28.9 Å². The zero-order chi connectivity index (χ0) is 24.2. The maximum atomic E-state index is 12.5. The molecule has 1 aliphatic rings. The highest BCUT2D eigenvalue weighted by Gasteiger charge is 2.27. The standard InChI is InChI=1S/C27H22N2O6/c1-2-32-27(31)18-9-7-17(8-10-18)22-12-11-21(34-22)15-28-29-26(30)25-16-33-23-13-19-5-3-4-6-20(19)14-24(23)35-25/h3-15,25H,2,16H2,1H3,(H,29,30). The van der Waals surface area contributed by atoms with Crippen molar-refractivity contribution in [1.29, 1.82) is 0 Å². The van der Waals surface area contributed by atoms with Gasteiger partial charge in [-0.25, -0.2) is 10.2 Å². The van der Waals surface area contributed by atoms with Gasteiger partial charge in [0.15, 0.2) is 11.5 Å². The fourth-order valence-electron chi connectivity index (χ4n) is 3.68. The summed E-state index contributed by atoms with van der Waals surface area (Å²) in [4.78, 5) is 24.3. The van der Waals surface area contributed by atoms with E-state index in [4.69, 9.17) is 18.6 Å². The van der Waals surface area contributed by atoms with Crippen LogP contribution in [-0.2, 0) is 9.53 Å². The number of fused-ring (bicyclic) bond motifs is 2. The Morgan fingerprint density at radius 3 is 2.51 bits per heavy atom. The molecule has 1 aromatic heterocycles. The third-order valence-corrected chi connectivity index (χ3v) is 5.44. The molecule has 35 heavy (non-hydrogen) atoms. The number of nitrogens with one attached hydrogen (secondary N) is 1. The van der Waals surface area contributed by atoms with Crippen LogP contribution in [0.2, 0.25) is 0 Å². The van der Waals surface area contributed by atoms with Gasteiger partial charge in [0.1, 0.15) is 18.1 Å². The lowest BCUT2D eigenvalue weighted by Gasteiger charge is -2.25. The highest BCUT2D eigenvalue weighted by atomic mass is 16.6. The third kappa shape index (κ3) is 4.86. The Kier molecular flexibility index (Phi) is 6.17. The van der Waals surface area contributed by atoms with Crippen LogP contribution in [0.1, 0.15) is 23.0 Å². The number of hydrogen-bond donors (Lipinski definition) is 1. The normalized spacial score (nSPS) is 14.7. The van der Waals surface area contributed by atoms with Crippen LogP contribution in [0, 0.1) is 0 Å². The van der Waals surface area contributed by atoms with E-state index in [1.807, 2.05) is 36.4 Å². The molecule has 0 bridgehead atoms. The molecule has 0 aliphatic carbocycles. The second kappa shape index (κ2) is 9.72. The van der Waals surface area contributed by atoms with E-state index >= 15 is 0 Å². The molecule has 1 atom stereocenters. The lowest BCUT2D eigenvalue weighted by atomic mass is 10.1. The Morgan fingerprint density at radius 1 is 1.03 bits per heavy atom. The highest BCUT2D eigenvalue weighted by molar-refractivity contribution is 5.90. The summed E-state index contributed by atoms with van der Waals surface area (Å²) in [6, 6.07) is 22.0. The minimum absolute atomic E-state index is 0.0827. The molecule has 4 aromatic rings. The summed E-state index contributed by atoms with van der Waals surface area (Å²) >= 11 is 0. The lowest BCUT2D eigenvalue weighted by molar-refractivity contribution is -0.130. The zero-order valence-electron chi connectivity index (χ0n) is 18.9. The van der Waals surface area contributed by atoms with Crippen molar-refractivity contribution in [3.8, 4) is 22.8 Å². The third-order valence-electron chi connectivity index (χ3n) is 5.44. The molecule has 0 saturated carbocycles. The monoisotopic (exact) mass is 470 g/mol. The van der Waals surface area contributed by atoms with E-state index in [1.165, 1.54) is 6.21 Å². The van der Waals surface area contributed by atoms with Gasteiger partial charge in [-0.1, -0.05) is 36.4 Å². The van der Waals surface area contributed by atoms with Crippen LogP contribution >= 0.6 is 0 Å². The molecule has 1 N–H and O–H groups in total. The first-order valence-corrected chi connectivity index (χ1v) is 11.1. The Hall–Kier alpha value is -4.59. The van der Waals surface area contributed by atoms with E-state index in [9.17, 15) is 9.59 Å². The average Bonchev–Trinajstić information content (AvgIpc) is 3.36. The molecule has 0 radical (unpaired) electrons. The quantitative estimate of drug-likeness (QED) is 0.252. The number of rotatable bonds is 6. The first-order valence-electron chi connectivity index (χ1n) is 11.1. The number of nitrogens with zero attached hydrogens (tertiary/aromatic N) is 1. The average molecular weight is 470 g/mol. The molecule has 8 heteroatoms. The van der Waals surface area contributed by atoms with E-state index in [0.717, 1.165) is 16.3 Å². The largest absolute Gasteiger partial charge is 0.485 e. The van der Waals surface area contributed by atoms with Gasteiger partial charge in [-0.05, 0) is 54.1 Å². The number of esters is 1. The van der Waals surface area contributed by atoms with Gasteiger partial charge in [-0.15, -0.1) is 0 Å². The predicted molar refractivity (Wildman–Crippen MR) is 130 cm³/mol. The number of benzene rings is 3. The van der Waals surface area contributed by atoms with E-state index < -0.39 is 12.0 Å². The minimum atomic E-state index is -0.828. The van der Waals surface area contributed by atoms with Gasteiger partial charge in [0.25, 0.3) is 5.91 Å². The number of hydrazone groups is 1. The van der Waals surface area contributed by atoms with Crippen molar-refractivity contribution in [1.82, 2.24) is 5.43 Å². The first kappa shape index (κ1) is 22.2. The van der Waals surface area contributed by atoms with Gasteiger partial charge in [0.2, 0.25) is 6.10 Å². The van der Waals surface area contributed by atoms with Crippen LogP contribution in [0.5, 0.6) is 11.5 Å². The van der Waals surface area contributed by atoms with Gasteiger partial charge in [0.05, 0.1) is 18.4 Å². The second-order valence-corrected chi connectivity index (χ2v) is 7.80. The molecule has 1 amide bonds. The molecular formula is C27H22N2O6. The summed E-state index contributed by atoms with van der Waals surface area (Å²) in [5.41, 5.74) is 3.73. The second-order valence-electron chi connectivity index (χ2n) is 7.80.